The van der Waals surface area contributed by atoms with Crippen LogP contribution in [0.4, 0.5) is 0 Å². The molecule has 6 nitrogen and oxygen atoms in total. The van der Waals surface area contributed by atoms with Crippen LogP contribution in [-0.4, -0.2) is 69.3 Å². The van der Waals surface area contributed by atoms with Crippen molar-refractivity contribution in [3.8, 4) is 0 Å². The van der Waals surface area contributed by atoms with Crippen LogP contribution >= 0.6 is 7.60 Å². The first kappa shape index (κ1) is 37.8. The summed E-state index contributed by atoms with van der Waals surface area (Å²) in [6.07, 6.45) is 27.5. The number of nitrogens with zero attached hydrogens (tertiary/aromatic N) is 1. The monoisotopic (exact) mass is 562 g/mol. The van der Waals surface area contributed by atoms with Gasteiger partial charge in [0, 0.05) is 20.1 Å². The normalized spacial score (nSPS) is 15.7. The van der Waals surface area contributed by atoms with Crippen molar-refractivity contribution in [2.75, 3.05) is 48.1 Å². The minimum absolute atomic E-state index is 0.0603. The minimum Gasteiger partial charge on any atom is -0.379 e. The first-order chi connectivity index (χ1) is 18.2. The van der Waals surface area contributed by atoms with Gasteiger partial charge in [-0.15, -0.1) is 0 Å². The SMILES string of the molecule is CCCCCCCCCCCCCC/C=C\CCCCCOC[C@H](COP(=O)(O)C(CC)[N+](C)(C)C)OC. The standard InChI is InChI=1S/C31H64NO5P/c1-7-9-10-11-12-13-14-15-16-17-18-19-20-21-22-23-24-25-26-27-36-28-30(35-6)29-37-38(33,34)31(8-2)32(3,4)5/h21-22,30-31H,7-20,23-29H2,1-6H3/p+1/b22-21-/t30-,31?/m1/s1. The van der Waals surface area contributed by atoms with E-state index in [-0.39, 0.29) is 12.7 Å². The van der Waals surface area contributed by atoms with E-state index in [0.29, 0.717) is 24.1 Å². The van der Waals surface area contributed by atoms with Gasteiger partial charge in [-0.3, -0.25) is 4.57 Å². The molecule has 0 aliphatic heterocycles. The third kappa shape index (κ3) is 21.6. The summed E-state index contributed by atoms with van der Waals surface area (Å²) < 4.78 is 29.6. The third-order valence-corrected chi connectivity index (χ3v) is 9.60. The summed E-state index contributed by atoms with van der Waals surface area (Å²) in [6.45, 7) is 5.30. The fourth-order valence-electron chi connectivity index (χ4n) is 4.87. The summed E-state index contributed by atoms with van der Waals surface area (Å²) in [6, 6.07) is 0. The Balaban J connectivity index is 3.62. The summed E-state index contributed by atoms with van der Waals surface area (Å²) in [5.74, 6) is -0.459. The fraction of sp³-hybridized carbons (Fsp3) is 0.935. The Kier molecular flexibility index (Phi) is 24.4. The van der Waals surface area contributed by atoms with E-state index < -0.39 is 13.4 Å². The molecule has 0 aromatic carbocycles. The molecule has 0 spiro atoms. The molecule has 0 heterocycles. The van der Waals surface area contributed by atoms with Crippen molar-refractivity contribution < 1.29 is 27.9 Å². The number of allylic oxidation sites excluding steroid dienone is 2. The minimum atomic E-state index is -3.74. The molecule has 0 aliphatic carbocycles. The zero-order chi connectivity index (χ0) is 28.5. The van der Waals surface area contributed by atoms with E-state index in [4.69, 9.17) is 14.0 Å². The van der Waals surface area contributed by atoms with Gasteiger partial charge in [-0.1, -0.05) is 103 Å². The summed E-state index contributed by atoms with van der Waals surface area (Å²) in [4.78, 5) is 10.4. The van der Waals surface area contributed by atoms with Gasteiger partial charge in [-0.05, 0) is 32.1 Å². The van der Waals surface area contributed by atoms with E-state index in [1.807, 2.05) is 28.1 Å². The van der Waals surface area contributed by atoms with Crippen molar-refractivity contribution in [1.82, 2.24) is 0 Å². The second-order valence-electron chi connectivity index (χ2n) is 11.8. The van der Waals surface area contributed by atoms with Gasteiger partial charge in [0.05, 0.1) is 34.4 Å². The number of hydrogen-bond acceptors (Lipinski definition) is 4. The van der Waals surface area contributed by atoms with E-state index in [1.165, 1.54) is 89.9 Å². The Labute approximate surface area is 237 Å². The molecule has 38 heavy (non-hydrogen) atoms. The van der Waals surface area contributed by atoms with Crippen molar-refractivity contribution in [1.29, 1.82) is 0 Å². The van der Waals surface area contributed by atoms with Crippen molar-refractivity contribution in [2.45, 2.75) is 141 Å². The first-order valence-corrected chi connectivity index (χ1v) is 17.4. The molecule has 0 saturated heterocycles. The molecule has 0 fully saturated rings. The molecular weight excluding hydrogens is 497 g/mol. The highest BCUT2D eigenvalue weighted by molar-refractivity contribution is 7.53. The van der Waals surface area contributed by atoms with Gasteiger partial charge in [0.25, 0.3) is 0 Å². The lowest BCUT2D eigenvalue weighted by atomic mass is 10.0. The molecule has 0 aromatic rings. The van der Waals surface area contributed by atoms with Crippen molar-refractivity contribution in [2.24, 2.45) is 0 Å². The number of quaternary nitrogens is 1. The highest BCUT2D eigenvalue weighted by Gasteiger charge is 2.41. The smallest absolute Gasteiger partial charge is 0.379 e. The predicted octanol–water partition coefficient (Wildman–Crippen LogP) is 8.87. The number of unbranched alkanes of at least 4 members (excludes halogenated alkanes) is 15. The van der Waals surface area contributed by atoms with Crippen LogP contribution in [0.15, 0.2) is 12.2 Å². The van der Waals surface area contributed by atoms with Crippen molar-refractivity contribution in [3.05, 3.63) is 12.2 Å². The second kappa shape index (κ2) is 24.6. The van der Waals surface area contributed by atoms with Crippen LogP contribution in [0.3, 0.4) is 0 Å². The van der Waals surface area contributed by atoms with Crippen LogP contribution in [0.5, 0.6) is 0 Å². The van der Waals surface area contributed by atoms with Crippen LogP contribution in [0, 0.1) is 0 Å². The number of rotatable bonds is 28. The molecule has 3 atom stereocenters. The molecule has 0 bridgehead atoms. The average molecular weight is 563 g/mol. The van der Waals surface area contributed by atoms with Gasteiger partial charge in [0.15, 0.2) is 5.78 Å². The third-order valence-electron chi connectivity index (χ3n) is 7.27. The van der Waals surface area contributed by atoms with Gasteiger partial charge in [-0.2, -0.15) is 0 Å². The molecule has 0 saturated carbocycles. The molecule has 0 rings (SSSR count). The van der Waals surface area contributed by atoms with E-state index in [9.17, 15) is 9.46 Å². The summed E-state index contributed by atoms with van der Waals surface area (Å²) in [7, 11) is 3.57. The molecule has 228 valence electrons. The Bertz CT molecular complexity index is 593. The van der Waals surface area contributed by atoms with Crippen LogP contribution in [0.1, 0.15) is 129 Å². The van der Waals surface area contributed by atoms with E-state index in [1.54, 1.807) is 7.11 Å². The van der Waals surface area contributed by atoms with Gasteiger partial charge in [0.1, 0.15) is 6.10 Å². The van der Waals surface area contributed by atoms with E-state index >= 15 is 0 Å². The Morgan fingerprint density at radius 2 is 1.21 bits per heavy atom. The highest BCUT2D eigenvalue weighted by atomic mass is 31.2. The molecule has 0 aromatic heterocycles. The molecule has 0 aliphatic rings. The Morgan fingerprint density at radius 3 is 1.66 bits per heavy atom. The van der Waals surface area contributed by atoms with Crippen molar-refractivity contribution in [3.63, 3.8) is 0 Å². The van der Waals surface area contributed by atoms with Crippen LogP contribution in [0.2, 0.25) is 0 Å². The van der Waals surface area contributed by atoms with Gasteiger partial charge in [-0.25, -0.2) is 0 Å². The zero-order valence-corrected chi connectivity index (χ0v) is 27.0. The summed E-state index contributed by atoms with van der Waals surface area (Å²) in [5, 5.41) is 0. The van der Waals surface area contributed by atoms with E-state index in [0.717, 1.165) is 19.3 Å². The molecule has 2 unspecified atom stereocenters. The second-order valence-corrected chi connectivity index (χ2v) is 13.8. The fourth-order valence-corrected chi connectivity index (χ4v) is 6.76. The number of hydrogen-bond donors (Lipinski definition) is 1. The number of methoxy groups -OCH3 is 1. The van der Waals surface area contributed by atoms with Crippen molar-refractivity contribution >= 4 is 7.60 Å². The topological polar surface area (TPSA) is 65.0 Å². The number of ether oxygens (including phenoxy) is 2. The Hall–Kier alpha value is -0.230. The maximum atomic E-state index is 12.7. The van der Waals surface area contributed by atoms with Crippen LogP contribution in [-0.2, 0) is 18.6 Å². The Morgan fingerprint density at radius 1 is 0.737 bits per heavy atom. The largest absolute Gasteiger partial charge is 0.385 e. The molecule has 0 amide bonds. The average Bonchev–Trinajstić information content (AvgIpc) is 2.86. The predicted molar refractivity (Wildman–Crippen MR) is 163 cm³/mol. The van der Waals surface area contributed by atoms with E-state index in [2.05, 4.69) is 19.1 Å². The lowest BCUT2D eigenvalue weighted by Crippen LogP contribution is -2.45. The van der Waals surface area contributed by atoms with Crippen LogP contribution < -0.4 is 0 Å². The van der Waals surface area contributed by atoms with Gasteiger partial charge in [0.2, 0.25) is 0 Å². The lowest BCUT2D eigenvalue weighted by molar-refractivity contribution is -0.883. The zero-order valence-electron chi connectivity index (χ0n) is 26.1. The lowest BCUT2D eigenvalue weighted by Gasteiger charge is -2.35. The molecule has 1 N–H and O–H groups in total. The maximum Gasteiger partial charge on any atom is 0.385 e. The highest BCUT2D eigenvalue weighted by Crippen LogP contribution is 2.51. The van der Waals surface area contributed by atoms with Gasteiger partial charge >= 0.3 is 7.60 Å². The molecule has 7 heteroatoms. The quantitative estimate of drug-likeness (QED) is 0.0446. The molecule has 0 radical (unpaired) electrons. The van der Waals surface area contributed by atoms with Gasteiger partial charge < -0.3 is 23.4 Å². The summed E-state index contributed by atoms with van der Waals surface area (Å²) >= 11 is 0. The summed E-state index contributed by atoms with van der Waals surface area (Å²) in [5.41, 5.74) is 0. The first-order valence-electron chi connectivity index (χ1n) is 15.7. The molecular formula is C31H65NO5P+. The maximum absolute atomic E-state index is 12.7. The van der Waals surface area contributed by atoms with Crippen LogP contribution in [0.25, 0.3) is 0 Å².